The molecule has 0 atom stereocenters. The van der Waals surface area contributed by atoms with E-state index in [0.29, 0.717) is 18.7 Å². The summed E-state index contributed by atoms with van der Waals surface area (Å²) in [5.74, 6) is 6.61. The Kier molecular flexibility index (Phi) is 5.19. The van der Waals surface area contributed by atoms with Crippen LogP contribution in [-0.2, 0) is 6.54 Å². The minimum Gasteiger partial charge on any atom is -0.495 e. The molecular formula is C17H17NO3. The average Bonchev–Trinajstić information content (AvgIpc) is 2.50. The molecule has 0 radical (unpaired) electrons. The zero-order valence-corrected chi connectivity index (χ0v) is 11.9. The van der Waals surface area contributed by atoms with Gasteiger partial charge in [0.15, 0.2) is 5.43 Å². The van der Waals surface area contributed by atoms with Crippen molar-refractivity contribution in [1.29, 1.82) is 0 Å². The topological polar surface area (TPSA) is 51.5 Å². The largest absolute Gasteiger partial charge is 0.495 e. The predicted molar refractivity (Wildman–Crippen MR) is 81.4 cm³/mol. The maximum Gasteiger partial charge on any atom is 0.181 e. The van der Waals surface area contributed by atoms with Crippen LogP contribution >= 0.6 is 0 Å². The average molecular weight is 283 g/mol. The maximum absolute atomic E-state index is 11.1. The zero-order chi connectivity index (χ0) is 15.1. The highest BCUT2D eigenvalue weighted by Crippen LogP contribution is 2.19. The molecule has 0 saturated heterocycles. The fourth-order valence-corrected chi connectivity index (χ4v) is 1.92. The lowest BCUT2D eigenvalue weighted by atomic mass is 10.1. The van der Waals surface area contributed by atoms with Crippen LogP contribution in [0.5, 0.6) is 5.75 Å². The van der Waals surface area contributed by atoms with Crippen molar-refractivity contribution in [3.63, 3.8) is 0 Å². The molecule has 0 saturated carbocycles. The summed E-state index contributed by atoms with van der Waals surface area (Å²) < 4.78 is 7.21. The summed E-state index contributed by atoms with van der Waals surface area (Å²) in [6.45, 7) is 0.700. The van der Waals surface area contributed by atoms with Crippen molar-refractivity contribution >= 4 is 0 Å². The summed E-state index contributed by atoms with van der Waals surface area (Å²) in [6, 6.07) is 8.87. The van der Waals surface area contributed by atoms with Crippen molar-refractivity contribution in [3.05, 3.63) is 64.1 Å². The van der Waals surface area contributed by atoms with E-state index in [1.807, 2.05) is 22.8 Å². The van der Waals surface area contributed by atoms with Gasteiger partial charge in [-0.25, -0.2) is 0 Å². The molecule has 1 aromatic carbocycles. The van der Waals surface area contributed by atoms with E-state index >= 15 is 0 Å². The van der Waals surface area contributed by atoms with Crippen molar-refractivity contribution in [2.45, 2.75) is 13.0 Å². The quantitative estimate of drug-likeness (QED) is 0.868. The molecule has 2 aromatic rings. The van der Waals surface area contributed by atoms with Gasteiger partial charge < -0.3 is 14.4 Å². The Morgan fingerprint density at radius 2 is 2.00 bits per heavy atom. The molecule has 4 nitrogen and oxygen atoms in total. The minimum absolute atomic E-state index is 0.00320. The molecule has 4 heteroatoms. The van der Waals surface area contributed by atoms with Gasteiger partial charge in [-0.1, -0.05) is 17.9 Å². The molecule has 108 valence electrons. The molecule has 0 aliphatic rings. The summed E-state index contributed by atoms with van der Waals surface area (Å²) in [5.41, 5.74) is 1.86. The van der Waals surface area contributed by atoms with E-state index in [4.69, 9.17) is 9.84 Å². The zero-order valence-electron chi connectivity index (χ0n) is 11.9. The maximum atomic E-state index is 11.1. The second-order valence-corrected chi connectivity index (χ2v) is 4.52. The number of aliphatic hydroxyl groups excluding tert-OH is 1. The van der Waals surface area contributed by atoms with Crippen LogP contribution in [0.25, 0.3) is 0 Å². The van der Waals surface area contributed by atoms with Crippen LogP contribution in [0.3, 0.4) is 0 Å². The van der Waals surface area contributed by atoms with Crippen molar-refractivity contribution in [2.75, 3.05) is 13.7 Å². The van der Waals surface area contributed by atoms with Crippen LogP contribution < -0.4 is 10.2 Å². The van der Waals surface area contributed by atoms with Crippen LogP contribution in [0.2, 0.25) is 0 Å². The van der Waals surface area contributed by atoms with Crippen LogP contribution in [0.1, 0.15) is 17.5 Å². The Labute approximate surface area is 123 Å². The van der Waals surface area contributed by atoms with E-state index in [9.17, 15) is 4.79 Å². The Balaban J connectivity index is 2.25. The molecule has 2 rings (SSSR count). The van der Waals surface area contributed by atoms with Crippen molar-refractivity contribution in [2.24, 2.45) is 0 Å². The van der Waals surface area contributed by atoms with E-state index in [-0.39, 0.29) is 12.0 Å². The molecule has 1 N–H and O–H groups in total. The summed E-state index contributed by atoms with van der Waals surface area (Å²) in [7, 11) is 1.61. The number of hydrogen-bond acceptors (Lipinski definition) is 3. The van der Waals surface area contributed by atoms with E-state index in [1.54, 1.807) is 19.5 Å². The van der Waals surface area contributed by atoms with Gasteiger partial charge in [0.1, 0.15) is 5.75 Å². The Morgan fingerprint density at radius 3 is 2.67 bits per heavy atom. The van der Waals surface area contributed by atoms with Gasteiger partial charge in [-0.2, -0.15) is 0 Å². The number of aliphatic hydroxyl groups is 1. The number of methoxy groups -OCH3 is 1. The fraction of sp³-hybridized carbons (Fsp3) is 0.235. The van der Waals surface area contributed by atoms with Gasteiger partial charge in [0, 0.05) is 37.5 Å². The smallest absolute Gasteiger partial charge is 0.181 e. The number of nitrogens with zero attached hydrogens (tertiary/aromatic N) is 1. The first-order valence-corrected chi connectivity index (χ1v) is 6.65. The number of benzene rings is 1. The number of ether oxygens (including phenoxy) is 1. The highest BCUT2D eigenvalue weighted by Gasteiger charge is 2.02. The van der Waals surface area contributed by atoms with E-state index < -0.39 is 0 Å². The summed E-state index contributed by atoms with van der Waals surface area (Å²) in [4.78, 5) is 11.1. The monoisotopic (exact) mass is 283 g/mol. The first kappa shape index (κ1) is 14.9. The predicted octanol–water partition coefficient (Wildman–Crippen LogP) is 1.64. The van der Waals surface area contributed by atoms with Crippen molar-refractivity contribution < 1.29 is 9.84 Å². The number of pyridine rings is 1. The third-order valence-corrected chi connectivity index (χ3v) is 2.95. The molecule has 1 heterocycles. The van der Waals surface area contributed by atoms with E-state index in [0.717, 1.165) is 11.1 Å². The van der Waals surface area contributed by atoms with Gasteiger partial charge in [-0.05, 0) is 17.7 Å². The Morgan fingerprint density at radius 1 is 1.24 bits per heavy atom. The highest BCUT2D eigenvalue weighted by atomic mass is 16.5. The first-order valence-electron chi connectivity index (χ1n) is 6.65. The van der Waals surface area contributed by atoms with Gasteiger partial charge in [0.25, 0.3) is 0 Å². The fourth-order valence-electron chi connectivity index (χ4n) is 1.92. The minimum atomic E-state index is -0.00320. The van der Waals surface area contributed by atoms with Crippen LogP contribution in [0, 0.1) is 11.8 Å². The Hall–Kier alpha value is -2.51. The molecule has 0 unspecified atom stereocenters. The second-order valence-electron chi connectivity index (χ2n) is 4.52. The van der Waals surface area contributed by atoms with Crippen molar-refractivity contribution in [3.8, 4) is 17.6 Å². The van der Waals surface area contributed by atoms with Gasteiger partial charge in [0.05, 0.1) is 19.3 Å². The standard InChI is InChI=1S/C17H17NO3/c1-21-17-6-5-14(12-15(17)4-2-3-11-19)13-18-9-7-16(20)8-10-18/h5-10,12,19H,3,11,13H2,1H3. The molecular weight excluding hydrogens is 266 g/mol. The molecule has 0 aliphatic carbocycles. The van der Waals surface area contributed by atoms with Gasteiger partial charge in [-0.3, -0.25) is 4.79 Å². The van der Waals surface area contributed by atoms with Gasteiger partial charge >= 0.3 is 0 Å². The van der Waals surface area contributed by atoms with Gasteiger partial charge in [-0.15, -0.1) is 0 Å². The Bertz CT molecular complexity index is 702. The summed E-state index contributed by atoms with van der Waals surface area (Å²) in [6.07, 6.45) is 3.94. The summed E-state index contributed by atoms with van der Waals surface area (Å²) >= 11 is 0. The molecule has 0 aliphatic heterocycles. The molecule has 0 amide bonds. The molecule has 1 aromatic heterocycles. The summed E-state index contributed by atoms with van der Waals surface area (Å²) in [5, 5.41) is 8.78. The third kappa shape index (κ3) is 4.23. The lowest BCUT2D eigenvalue weighted by Crippen LogP contribution is -2.05. The van der Waals surface area contributed by atoms with Crippen molar-refractivity contribution in [1.82, 2.24) is 4.57 Å². The normalized spacial score (nSPS) is 9.81. The highest BCUT2D eigenvalue weighted by molar-refractivity contribution is 5.48. The van der Waals surface area contributed by atoms with E-state index in [1.165, 1.54) is 12.1 Å². The second kappa shape index (κ2) is 7.32. The molecule has 0 spiro atoms. The number of rotatable bonds is 4. The molecule has 0 bridgehead atoms. The SMILES string of the molecule is COc1ccc(Cn2ccc(=O)cc2)cc1C#CCCO. The lowest BCUT2D eigenvalue weighted by Gasteiger charge is -2.09. The van der Waals surface area contributed by atoms with E-state index in [2.05, 4.69) is 11.8 Å². The first-order chi connectivity index (χ1) is 10.2. The van der Waals surface area contributed by atoms with Crippen LogP contribution in [-0.4, -0.2) is 23.4 Å². The van der Waals surface area contributed by atoms with Crippen LogP contribution in [0.4, 0.5) is 0 Å². The lowest BCUT2D eigenvalue weighted by molar-refractivity contribution is 0.305. The van der Waals surface area contributed by atoms with Crippen LogP contribution in [0.15, 0.2) is 47.5 Å². The number of hydrogen-bond donors (Lipinski definition) is 1. The molecule has 21 heavy (non-hydrogen) atoms. The third-order valence-electron chi connectivity index (χ3n) is 2.95. The molecule has 0 fully saturated rings. The van der Waals surface area contributed by atoms with Gasteiger partial charge in [0.2, 0.25) is 0 Å². The number of aromatic nitrogens is 1.